The largest absolute Gasteiger partial charge is 0.472 e. The molecule has 0 bridgehead atoms. The lowest BCUT2D eigenvalue weighted by molar-refractivity contribution is -0.151. The average molecular weight is 1580 g/mol. The molecular weight excluding hydrogens is 1420 g/mol. The third kappa shape index (κ3) is 72.4. The Balaban J connectivity index is 5.71. The molecule has 0 aliphatic carbocycles. The van der Waals surface area contributed by atoms with Crippen LogP contribution in [0.5, 0.6) is 0 Å². The summed E-state index contributed by atoms with van der Waals surface area (Å²) in [6.45, 7) is 10.4. The number of carbonyl (C=O) groups excluding carboxylic acids is 7. The maximum atomic E-state index is 13.3. The number of carbonyl (C=O) groups is 7. The van der Waals surface area contributed by atoms with Gasteiger partial charge in [-0.25, -0.2) is 13.9 Å². The van der Waals surface area contributed by atoms with E-state index in [0.29, 0.717) is 64.2 Å². The predicted molar refractivity (Wildman–Crippen MR) is 433 cm³/mol. The Bertz CT molecular complexity index is 2210. The van der Waals surface area contributed by atoms with Crippen molar-refractivity contribution in [3.63, 3.8) is 0 Å². The summed E-state index contributed by atoms with van der Waals surface area (Å²) < 4.78 is 71.1. The number of esters is 2. The third-order valence-corrected chi connectivity index (χ3v) is 20.6. The molecule has 0 aromatic rings. The second kappa shape index (κ2) is 75.8. The van der Waals surface area contributed by atoms with E-state index >= 15 is 0 Å². The fourth-order valence-corrected chi connectivity index (χ4v) is 13.7. The molecule has 0 spiro atoms. The van der Waals surface area contributed by atoms with Gasteiger partial charge in [-0.05, 0) is 89.9 Å². The first-order valence-electron chi connectivity index (χ1n) is 43.0. The summed E-state index contributed by atoms with van der Waals surface area (Å²) in [5.74, 6) is -2.18. The molecule has 25 heteroatoms. The van der Waals surface area contributed by atoms with Gasteiger partial charge in [0, 0.05) is 51.6 Å². The monoisotopic (exact) mass is 1580 g/mol. The molecule has 632 valence electrons. The number of urea groups is 1. The van der Waals surface area contributed by atoms with Crippen LogP contribution in [-0.4, -0.2) is 141 Å². The van der Waals surface area contributed by atoms with Crippen LogP contribution in [-0.2, 0) is 74.9 Å². The number of Topliss-reactive ketones (excluding diaryl/α,β-unsaturated/α-hetero) is 2. The zero-order valence-electron chi connectivity index (χ0n) is 68.7. The Hall–Kier alpha value is -3.89. The first kappa shape index (κ1) is 104. The molecule has 0 fully saturated rings. The highest BCUT2D eigenvalue weighted by Crippen LogP contribution is 2.44. The number of amides is 4. The number of allylic oxidation sites excluding steroid dienone is 4. The van der Waals surface area contributed by atoms with Crippen LogP contribution in [0, 0.1) is 0 Å². The van der Waals surface area contributed by atoms with Gasteiger partial charge in [0.2, 0.25) is 11.8 Å². The smallest absolute Gasteiger partial charge is 0.462 e. The van der Waals surface area contributed by atoms with Crippen molar-refractivity contribution in [2.45, 2.75) is 400 Å². The Morgan fingerprint density at radius 2 is 0.630 bits per heavy atom. The van der Waals surface area contributed by atoms with Crippen LogP contribution in [0.4, 0.5) is 4.79 Å². The lowest BCUT2D eigenvalue weighted by Gasteiger charge is -2.22. The zero-order chi connectivity index (χ0) is 79.5. The maximum Gasteiger partial charge on any atom is 0.472 e. The Kier molecular flexibility index (Phi) is 73.0. The molecule has 0 saturated heterocycles. The van der Waals surface area contributed by atoms with Gasteiger partial charge in [-0.3, -0.25) is 46.9 Å². The van der Waals surface area contributed by atoms with E-state index in [-0.39, 0.29) is 88.7 Å². The number of unbranched alkanes of at least 4 members (excludes halogenated alkanes) is 34. The molecular formula is C83H156N4O19P2. The van der Waals surface area contributed by atoms with Crippen molar-refractivity contribution in [2.75, 3.05) is 65.9 Å². The number of ketones is 2. The summed E-state index contributed by atoms with van der Waals surface area (Å²) >= 11 is 0. The summed E-state index contributed by atoms with van der Waals surface area (Å²) in [6.07, 6.45) is 54.8. The maximum absolute atomic E-state index is 13.3. The number of hydrogen-bond acceptors (Lipinski definition) is 17. The molecule has 23 nitrogen and oxygen atoms in total. The minimum atomic E-state index is -4.81. The molecule has 4 unspecified atom stereocenters. The zero-order valence-corrected chi connectivity index (χ0v) is 70.5. The van der Waals surface area contributed by atoms with Gasteiger partial charge in [0.05, 0.1) is 77.8 Å². The number of phosphoric ester groups is 2. The summed E-state index contributed by atoms with van der Waals surface area (Å²) in [6, 6.07) is -2.75. The minimum absolute atomic E-state index is 0.140. The molecule has 0 aromatic carbocycles. The van der Waals surface area contributed by atoms with Gasteiger partial charge >= 0.3 is 33.6 Å². The van der Waals surface area contributed by atoms with Crippen molar-refractivity contribution in [3.8, 4) is 0 Å². The van der Waals surface area contributed by atoms with E-state index in [9.17, 15) is 52.5 Å². The van der Waals surface area contributed by atoms with Gasteiger partial charge < -0.3 is 50.0 Å². The minimum Gasteiger partial charge on any atom is -0.462 e. The normalized spacial score (nSPS) is 13.9. The van der Waals surface area contributed by atoms with Crippen molar-refractivity contribution in [1.82, 2.24) is 21.3 Å². The van der Waals surface area contributed by atoms with Crippen LogP contribution in [0.25, 0.3) is 0 Å². The fraction of sp³-hybridized carbons (Fsp3) is 0.867. The van der Waals surface area contributed by atoms with Gasteiger partial charge in [0.1, 0.15) is 23.8 Å². The SMILES string of the molecule is CCCCCCC=CCCCC(=O)O[C@H](CCCCCCC)CCOCC(COP(=O)(O)OCCNC(=O)NCCOP(=O)(O)OCC(COCC[C@@H](CCCCCCC)OC(=O)CCCC=CCCCCCC)NC(=O)CC(=O)CCCCCCCCCCC)NC(=O)CC(=O)CCCCCCCCCCC. The molecule has 4 amide bonds. The van der Waals surface area contributed by atoms with Gasteiger partial charge in [0.15, 0.2) is 0 Å². The van der Waals surface area contributed by atoms with Gasteiger partial charge in [-0.1, -0.05) is 258 Å². The van der Waals surface area contributed by atoms with E-state index < -0.39 is 84.2 Å². The van der Waals surface area contributed by atoms with Crippen LogP contribution in [0.3, 0.4) is 0 Å². The highest BCUT2D eigenvalue weighted by molar-refractivity contribution is 7.47. The van der Waals surface area contributed by atoms with Gasteiger partial charge in [-0.15, -0.1) is 0 Å². The molecule has 0 radical (unpaired) electrons. The molecule has 0 rings (SSSR count). The van der Waals surface area contributed by atoms with E-state index in [1.165, 1.54) is 103 Å². The predicted octanol–water partition coefficient (Wildman–Crippen LogP) is 20.0. The van der Waals surface area contributed by atoms with Crippen molar-refractivity contribution < 1.29 is 89.5 Å². The Morgan fingerprint density at radius 3 is 0.963 bits per heavy atom. The molecule has 0 aliphatic heterocycles. The van der Waals surface area contributed by atoms with Crippen LogP contribution in [0.1, 0.15) is 375 Å². The van der Waals surface area contributed by atoms with Gasteiger partial charge in [-0.2, -0.15) is 0 Å². The highest BCUT2D eigenvalue weighted by atomic mass is 31.2. The molecule has 0 heterocycles. The second-order valence-electron chi connectivity index (χ2n) is 29.3. The molecule has 0 aromatic heterocycles. The van der Waals surface area contributed by atoms with Gasteiger partial charge in [0.25, 0.3) is 0 Å². The van der Waals surface area contributed by atoms with E-state index in [0.717, 1.165) is 141 Å². The number of nitrogens with one attached hydrogen (secondary N) is 4. The van der Waals surface area contributed by atoms with Crippen molar-refractivity contribution in [3.05, 3.63) is 24.3 Å². The Labute approximate surface area is 654 Å². The number of hydrogen-bond donors (Lipinski definition) is 6. The van der Waals surface area contributed by atoms with Crippen LogP contribution < -0.4 is 21.3 Å². The number of phosphoric acid groups is 2. The van der Waals surface area contributed by atoms with E-state index in [1.807, 2.05) is 0 Å². The average Bonchev–Trinajstić information content (AvgIpc) is 0.913. The fourth-order valence-electron chi connectivity index (χ4n) is 12.2. The molecule has 6 N–H and O–H groups in total. The third-order valence-electron chi connectivity index (χ3n) is 18.7. The van der Waals surface area contributed by atoms with E-state index in [2.05, 4.69) is 87.1 Å². The molecule has 6 atom stereocenters. The first-order valence-corrected chi connectivity index (χ1v) is 46.0. The Morgan fingerprint density at radius 1 is 0.333 bits per heavy atom. The first-order chi connectivity index (χ1) is 52.3. The van der Waals surface area contributed by atoms with Crippen LogP contribution in [0.2, 0.25) is 0 Å². The highest BCUT2D eigenvalue weighted by Gasteiger charge is 2.28. The number of ether oxygens (including phenoxy) is 4. The number of rotatable bonds is 82. The standard InChI is InChI=1S/C83H156N4O19P2/c1-7-13-19-25-29-33-37-43-47-53-75(88)67-79(90)86-73(69-99-63-59-77(55-49-41-23-17-11-5)105-81(92)57-51-45-39-35-31-27-21-15-9-3)71-103-107(95,96)101-65-61-84-83(94)85-62-66-102-108(97,98)104-72-74(87-80(91)68-76(89)54-48-44-38-34-30-26-20-14-8-2)70-100-64-60-78(56-50-42-24-18-12-6)106-82(93)58-52-46-40-36-32-28-22-16-10-4/h35-36,39-40,73-74,77-78H,7-34,37-38,41-72H2,1-6H3,(H,86,90)(H,87,91)(H,95,96)(H,97,98)(H2,84,85,94)/t73?,74?,77-,78-/m1/s1. The summed E-state index contributed by atoms with van der Waals surface area (Å²) in [4.78, 5) is 113. The van der Waals surface area contributed by atoms with Crippen molar-refractivity contribution in [1.29, 1.82) is 0 Å². The lowest BCUT2D eigenvalue weighted by atomic mass is 10.0. The van der Waals surface area contributed by atoms with Crippen LogP contribution in [0.15, 0.2) is 24.3 Å². The lowest BCUT2D eigenvalue weighted by Crippen LogP contribution is -2.42. The van der Waals surface area contributed by atoms with E-state index in [1.54, 1.807) is 0 Å². The topological polar surface area (TPSA) is 316 Å². The molecule has 0 saturated carbocycles. The van der Waals surface area contributed by atoms with Crippen molar-refractivity contribution >= 4 is 57.0 Å². The summed E-state index contributed by atoms with van der Waals surface area (Å²) in [7, 11) is -9.61. The van der Waals surface area contributed by atoms with Crippen molar-refractivity contribution in [2.24, 2.45) is 0 Å². The second-order valence-corrected chi connectivity index (χ2v) is 32.2. The summed E-state index contributed by atoms with van der Waals surface area (Å²) in [5, 5.41) is 10.3. The van der Waals surface area contributed by atoms with Crippen LogP contribution >= 0.6 is 15.6 Å². The quantitative estimate of drug-likeness (QED) is 0.0108. The molecule has 108 heavy (non-hydrogen) atoms. The van der Waals surface area contributed by atoms with E-state index in [4.69, 9.17) is 37.0 Å². The molecule has 0 aliphatic rings. The summed E-state index contributed by atoms with van der Waals surface area (Å²) in [5.41, 5.74) is 0.